The monoisotopic (exact) mass is 396 g/mol. The van der Waals surface area contributed by atoms with Crippen LogP contribution in [0.25, 0.3) is 0 Å². The van der Waals surface area contributed by atoms with Gasteiger partial charge >= 0.3 is 11.9 Å². The molecule has 1 aliphatic rings. The maximum absolute atomic E-state index is 12.6. The third kappa shape index (κ3) is 11.1. The second-order valence-electron chi connectivity index (χ2n) is 9.67. The van der Waals surface area contributed by atoms with E-state index in [0.29, 0.717) is 18.8 Å². The summed E-state index contributed by atoms with van der Waals surface area (Å²) in [6.07, 6.45) is 13.1. The van der Waals surface area contributed by atoms with Gasteiger partial charge in [-0.3, -0.25) is 9.59 Å². The highest BCUT2D eigenvalue weighted by Crippen LogP contribution is 2.31. The first kappa shape index (κ1) is 25.0. The zero-order chi connectivity index (χ0) is 20.9. The maximum Gasteiger partial charge on any atom is 0.309 e. The van der Waals surface area contributed by atoms with Gasteiger partial charge < -0.3 is 9.84 Å². The van der Waals surface area contributed by atoms with E-state index in [2.05, 4.69) is 27.7 Å². The van der Waals surface area contributed by atoms with Gasteiger partial charge in [-0.2, -0.15) is 0 Å². The van der Waals surface area contributed by atoms with Gasteiger partial charge in [0.25, 0.3) is 0 Å². The van der Waals surface area contributed by atoms with Gasteiger partial charge in [-0.25, -0.2) is 0 Å². The Morgan fingerprint density at radius 2 is 1.39 bits per heavy atom. The molecule has 1 saturated carbocycles. The fourth-order valence-electron chi connectivity index (χ4n) is 4.12. The summed E-state index contributed by atoms with van der Waals surface area (Å²) in [6, 6.07) is 0. The highest BCUT2D eigenvalue weighted by molar-refractivity contribution is 5.75. The third-order valence-corrected chi connectivity index (χ3v) is 6.01. The lowest BCUT2D eigenvalue weighted by atomic mass is 9.81. The molecule has 0 saturated heterocycles. The standard InChI is InChI=1S/C24H44O4/c1-18(2)11-8-6-5-7-9-14-22(16-15-19(3)4)28-24(27)21-13-10-12-20(17-21)23(25)26/h18-22H,5-17H2,1-4H3,(H,25,26). The minimum absolute atomic E-state index is 0.00392. The molecule has 0 bridgehead atoms. The molecule has 4 nitrogen and oxygen atoms in total. The number of carbonyl (C=O) groups excluding carboxylic acids is 1. The largest absolute Gasteiger partial charge is 0.481 e. The fourth-order valence-corrected chi connectivity index (χ4v) is 4.12. The predicted molar refractivity (Wildman–Crippen MR) is 114 cm³/mol. The van der Waals surface area contributed by atoms with E-state index in [1.54, 1.807) is 0 Å². The molecule has 0 aliphatic heterocycles. The van der Waals surface area contributed by atoms with Crippen LogP contribution < -0.4 is 0 Å². The first-order chi connectivity index (χ1) is 13.3. The van der Waals surface area contributed by atoms with Gasteiger partial charge in [0.05, 0.1) is 11.8 Å². The quantitative estimate of drug-likeness (QED) is 0.265. The van der Waals surface area contributed by atoms with Crippen molar-refractivity contribution in [3.63, 3.8) is 0 Å². The molecular weight excluding hydrogens is 352 g/mol. The Morgan fingerprint density at radius 1 is 0.821 bits per heavy atom. The summed E-state index contributed by atoms with van der Waals surface area (Å²) >= 11 is 0. The number of unbranched alkanes of at least 4 members (excludes halogenated alkanes) is 4. The second kappa shape index (κ2) is 14.0. The maximum atomic E-state index is 12.6. The van der Waals surface area contributed by atoms with Crippen molar-refractivity contribution in [3.8, 4) is 0 Å². The molecule has 3 atom stereocenters. The van der Waals surface area contributed by atoms with E-state index in [1.165, 1.54) is 32.1 Å². The van der Waals surface area contributed by atoms with Crippen LogP contribution in [0.3, 0.4) is 0 Å². The van der Waals surface area contributed by atoms with E-state index in [4.69, 9.17) is 4.74 Å². The summed E-state index contributed by atoms with van der Waals surface area (Å²) in [5.74, 6) is -0.148. The molecule has 0 aromatic rings. The van der Waals surface area contributed by atoms with E-state index in [-0.39, 0.29) is 23.9 Å². The second-order valence-corrected chi connectivity index (χ2v) is 9.67. The highest BCUT2D eigenvalue weighted by atomic mass is 16.5. The van der Waals surface area contributed by atoms with Gasteiger partial charge in [0, 0.05) is 0 Å². The fraction of sp³-hybridized carbons (Fsp3) is 0.917. The molecule has 0 radical (unpaired) electrons. The number of hydrogen-bond donors (Lipinski definition) is 1. The molecule has 28 heavy (non-hydrogen) atoms. The molecule has 1 aliphatic carbocycles. The number of hydrogen-bond acceptors (Lipinski definition) is 3. The SMILES string of the molecule is CC(C)CCCCCCCC(CCC(C)C)OC(=O)C1CCCC(C(=O)O)C1. The predicted octanol–water partition coefficient (Wildman–Crippen LogP) is 6.61. The highest BCUT2D eigenvalue weighted by Gasteiger charge is 2.33. The average Bonchev–Trinajstić information content (AvgIpc) is 2.64. The minimum atomic E-state index is -0.772. The number of aliphatic carboxylic acids is 1. The molecule has 164 valence electrons. The minimum Gasteiger partial charge on any atom is -0.481 e. The molecule has 1 N–H and O–H groups in total. The lowest BCUT2D eigenvalue weighted by molar-refractivity contribution is -0.158. The first-order valence-electron chi connectivity index (χ1n) is 11.7. The number of ether oxygens (including phenoxy) is 1. The smallest absolute Gasteiger partial charge is 0.309 e. The Bertz CT molecular complexity index is 444. The van der Waals surface area contributed by atoms with Crippen LogP contribution in [0, 0.1) is 23.7 Å². The molecule has 1 fully saturated rings. The van der Waals surface area contributed by atoms with Crippen LogP contribution in [0.5, 0.6) is 0 Å². The Kier molecular flexibility index (Phi) is 12.5. The third-order valence-electron chi connectivity index (χ3n) is 6.01. The Balaban J connectivity index is 2.39. The number of rotatable bonds is 14. The zero-order valence-corrected chi connectivity index (χ0v) is 18.8. The van der Waals surface area contributed by atoms with Gasteiger partial charge in [-0.1, -0.05) is 66.2 Å². The van der Waals surface area contributed by atoms with Crippen LogP contribution >= 0.6 is 0 Å². The summed E-state index contributed by atoms with van der Waals surface area (Å²) in [5.41, 5.74) is 0. The molecule has 0 spiro atoms. The van der Waals surface area contributed by atoms with Gasteiger partial charge in [0.2, 0.25) is 0 Å². The normalized spacial score (nSPS) is 21.1. The van der Waals surface area contributed by atoms with Gasteiger partial charge in [-0.15, -0.1) is 0 Å². The van der Waals surface area contributed by atoms with Crippen molar-refractivity contribution in [2.24, 2.45) is 23.7 Å². The van der Waals surface area contributed by atoms with E-state index in [0.717, 1.165) is 44.4 Å². The van der Waals surface area contributed by atoms with Crippen LogP contribution in [0.2, 0.25) is 0 Å². The van der Waals surface area contributed by atoms with Gasteiger partial charge in [0.15, 0.2) is 0 Å². The van der Waals surface area contributed by atoms with Crippen molar-refractivity contribution in [1.82, 2.24) is 0 Å². The molecule has 0 aromatic heterocycles. The van der Waals surface area contributed by atoms with Crippen LogP contribution in [0.15, 0.2) is 0 Å². The van der Waals surface area contributed by atoms with E-state index >= 15 is 0 Å². The van der Waals surface area contributed by atoms with Crippen LogP contribution in [0.1, 0.15) is 111 Å². The molecule has 3 unspecified atom stereocenters. The molecular formula is C24H44O4. The van der Waals surface area contributed by atoms with Crippen molar-refractivity contribution >= 4 is 11.9 Å². The zero-order valence-electron chi connectivity index (χ0n) is 18.8. The Morgan fingerprint density at radius 3 is 2.00 bits per heavy atom. The molecule has 1 rings (SSSR count). The summed E-state index contributed by atoms with van der Waals surface area (Å²) < 4.78 is 5.90. The van der Waals surface area contributed by atoms with Crippen LogP contribution in [-0.2, 0) is 14.3 Å². The summed E-state index contributed by atoms with van der Waals surface area (Å²) in [4.78, 5) is 23.9. The Labute approximate surface area is 172 Å². The molecule has 0 amide bonds. The number of esters is 1. The number of carboxylic acids is 1. The summed E-state index contributed by atoms with van der Waals surface area (Å²) in [5, 5.41) is 9.25. The summed E-state index contributed by atoms with van der Waals surface area (Å²) in [6.45, 7) is 8.95. The molecule has 0 heterocycles. The summed E-state index contributed by atoms with van der Waals surface area (Å²) in [7, 11) is 0. The Hall–Kier alpha value is -1.06. The van der Waals surface area contributed by atoms with Crippen LogP contribution in [-0.4, -0.2) is 23.1 Å². The molecule has 0 aromatic carbocycles. The van der Waals surface area contributed by atoms with Crippen molar-refractivity contribution in [2.45, 2.75) is 117 Å². The van der Waals surface area contributed by atoms with E-state index in [9.17, 15) is 14.7 Å². The van der Waals surface area contributed by atoms with Gasteiger partial charge in [-0.05, 0) is 56.8 Å². The van der Waals surface area contributed by atoms with Gasteiger partial charge in [0.1, 0.15) is 6.10 Å². The number of carbonyl (C=O) groups is 2. The van der Waals surface area contributed by atoms with E-state index < -0.39 is 5.97 Å². The first-order valence-corrected chi connectivity index (χ1v) is 11.7. The van der Waals surface area contributed by atoms with Crippen molar-refractivity contribution < 1.29 is 19.4 Å². The molecule has 4 heteroatoms. The van der Waals surface area contributed by atoms with Crippen molar-refractivity contribution in [3.05, 3.63) is 0 Å². The number of carboxylic acid groups (broad SMARTS) is 1. The lowest BCUT2D eigenvalue weighted by Crippen LogP contribution is -2.31. The van der Waals surface area contributed by atoms with Crippen molar-refractivity contribution in [2.75, 3.05) is 0 Å². The lowest BCUT2D eigenvalue weighted by Gasteiger charge is -2.27. The average molecular weight is 397 g/mol. The van der Waals surface area contributed by atoms with Crippen molar-refractivity contribution in [1.29, 1.82) is 0 Å². The topological polar surface area (TPSA) is 63.6 Å². The van der Waals surface area contributed by atoms with E-state index in [1.807, 2.05) is 0 Å². The van der Waals surface area contributed by atoms with Crippen LogP contribution in [0.4, 0.5) is 0 Å².